The topological polar surface area (TPSA) is 68.0 Å². The number of carboxylic acids is 1. The van der Waals surface area contributed by atoms with Gasteiger partial charge in [-0.25, -0.2) is 9.97 Å². The van der Waals surface area contributed by atoms with Crippen LogP contribution in [0.25, 0.3) is 11.2 Å². The Bertz CT molecular complexity index is 657. The summed E-state index contributed by atoms with van der Waals surface area (Å²) in [5.74, 6) is -1.34. The van der Waals surface area contributed by atoms with Crippen LogP contribution in [0.5, 0.6) is 0 Å². The molecule has 0 amide bonds. The summed E-state index contributed by atoms with van der Waals surface area (Å²) >= 11 is 0.880. The van der Waals surface area contributed by atoms with Crippen molar-refractivity contribution < 1.29 is 23.1 Å². The smallest absolute Gasteiger partial charge is 0.391 e. The van der Waals surface area contributed by atoms with E-state index >= 15 is 0 Å². The number of aliphatic carboxylic acids is 1. The SMILES string of the molecule is CC(CC(F)(F)F)n1c(SCC(=O)O)nc2cccnc21. The zero-order chi connectivity index (χ0) is 15.6. The van der Waals surface area contributed by atoms with Crippen LogP contribution in [0.3, 0.4) is 0 Å². The maximum Gasteiger partial charge on any atom is 0.391 e. The number of aromatic nitrogens is 3. The van der Waals surface area contributed by atoms with Crippen molar-refractivity contribution in [1.82, 2.24) is 14.5 Å². The number of hydrogen-bond acceptors (Lipinski definition) is 4. The Morgan fingerprint density at radius 2 is 2.24 bits per heavy atom. The van der Waals surface area contributed by atoms with Gasteiger partial charge in [0.05, 0.1) is 12.2 Å². The van der Waals surface area contributed by atoms with Crippen LogP contribution in [0.1, 0.15) is 19.4 Å². The van der Waals surface area contributed by atoms with Crippen LogP contribution in [0.2, 0.25) is 0 Å². The van der Waals surface area contributed by atoms with E-state index in [-0.39, 0.29) is 10.9 Å². The van der Waals surface area contributed by atoms with Crippen LogP contribution in [-0.4, -0.2) is 37.5 Å². The Hall–Kier alpha value is -1.77. The summed E-state index contributed by atoms with van der Waals surface area (Å²) in [5, 5.41) is 8.94. The Labute approximate surface area is 122 Å². The summed E-state index contributed by atoms with van der Waals surface area (Å²) in [4.78, 5) is 18.9. The third-order valence-electron chi connectivity index (χ3n) is 2.71. The van der Waals surface area contributed by atoms with Crippen molar-refractivity contribution >= 4 is 28.9 Å². The van der Waals surface area contributed by atoms with E-state index < -0.39 is 24.6 Å². The monoisotopic (exact) mass is 319 g/mol. The zero-order valence-corrected chi connectivity index (χ0v) is 11.8. The molecule has 0 aliphatic heterocycles. The molecule has 5 nitrogen and oxygen atoms in total. The van der Waals surface area contributed by atoms with E-state index in [9.17, 15) is 18.0 Å². The minimum absolute atomic E-state index is 0.225. The molecule has 2 aromatic rings. The maximum absolute atomic E-state index is 12.6. The number of hydrogen-bond donors (Lipinski definition) is 1. The molecule has 0 aliphatic carbocycles. The standard InChI is InChI=1S/C12H12F3N3O2S/c1-7(5-12(13,14)15)18-10-8(3-2-4-16-10)17-11(18)21-6-9(19)20/h2-4,7H,5-6H2,1H3,(H,19,20). The third-order valence-corrected chi connectivity index (χ3v) is 3.65. The predicted molar refractivity (Wildman–Crippen MR) is 71.3 cm³/mol. The number of rotatable bonds is 5. The van der Waals surface area contributed by atoms with Crippen LogP contribution in [0.15, 0.2) is 23.5 Å². The second-order valence-corrected chi connectivity index (χ2v) is 5.40. The number of nitrogens with zero attached hydrogens (tertiary/aromatic N) is 3. The first-order valence-electron chi connectivity index (χ1n) is 6.02. The van der Waals surface area contributed by atoms with E-state index in [1.165, 1.54) is 17.7 Å². The van der Waals surface area contributed by atoms with Crippen LogP contribution >= 0.6 is 11.8 Å². The maximum atomic E-state index is 12.6. The fourth-order valence-electron chi connectivity index (χ4n) is 1.96. The van der Waals surface area contributed by atoms with Gasteiger partial charge in [0.15, 0.2) is 10.8 Å². The molecule has 2 heterocycles. The Morgan fingerprint density at radius 3 is 2.86 bits per heavy atom. The number of halogens is 3. The first-order chi connectivity index (χ1) is 9.78. The van der Waals surface area contributed by atoms with Gasteiger partial charge in [0, 0.05) is 12.2 Å². The number of pyridine rings is 1. The average molecular weight is 319 g/mol. The summed E-state index contributed by atoms with van der Waals surface area (Å²) in [6.07, 6.45) is -3.89. The molecule has 0 aliphatic rings. The Morgan fingerprint density at radius 1 is 1.52 bits per heavy atom. The minimum atomic E-state index is -4.32. The van der Waals surface area contributed by atoms with E-state index in [0.717, 1.165) is 11.8 Å². The lowest BCUT2D eigenvalue weighted by Gasteiger charge is -2.18. The molecule has 2 rings (SSSR count). The van der Waals surface area contributed by atoms with Gasteiger partial charge in [-0.15, -0.1) is 0 Å². The van der Waals surface area contributed by atoms with Gasteiger partial charge in [-0.3, -0.25) is 4.79 Å². The van der Waals surface area contributed by atoms with Gasteiger partial charge in [-0.05, 0) is 19.1 Å². The first kappa shape index (κ1) is 15.6. The molecule has 1 unspecified atom stereocenters. The molecule has 0 fully saturated rings. The lowest BCUT2D eigenvalue weighted by atomic mass is 10.2. The van der Waals surface area contributed by atoms with Gasteiger partial charge in [0.2, 0.25) is 0 Å². The number of carbonyl (C=O) groups is 1. The number of thioether (sulfide) groups is 1. The quantitative estimate of drug-likeness (QED) is 0.858. The highest BCUT2D eigenvalue weighted by molar-refractivity contribution is 7.99. The molecule has 114 valence electrons. The van der Waals surface area contributed by atoms with Gasteiger partial charge in [0.1, 0.15) is 5.52 Å². The molecule has 0 saturated carbocycles. The second-order valence-electron chi connectivity index (χ2n) is 4.46. The van der Waals surface area contributed by atoms with Gasteiger partial charge < -0.3 is 9.67 Å². The lowest BCUT2D eigenvalue weighted by Crippen LogP contribution is -2.17. The van der Waals surface area contributed by atoms with Crippen LogP contribution < -0.4 is 0 Å². The van der Waals surface area contributed by atoms with Gasteiger partial charge >= 0.3 is 12.1 Å². The molecule has 1 N–H and O–H groups in total. The van der Waals surface area contributed by atoms with Gasteiger partial charge in [0.25, 0.3) is 0 Å². The van der Waals surface area contributed by atoms with Crippen LogP contribution in [-0.2, 0) is 4.79 Å². The average Bonchev–Trinajstić information content (AvgIpc) is 2.72. The molecule has 1 atom stereocenters. The number of fused-ring (bicyclic) bond motifs is 1. The fourth-order valence-corrected chi connectivity index (χ4v) is 2.78. The van der Waals surface area contributed by atoms with Crippen molar-refractivity contribution in [3.63, 3.8) is 0 Å². The molecular formula is C12H12F3N3O2S. The Balaban J connectivity index is 2.42. The molecule has 2 aromatic heterocycles. The highest BCUT2D eigenvalue weighted by Gasteiger charge is 2.32. The summed E-state index contributed by atoms with van der Waals surface area (Å²) in [6.45, 7) is 1.41. The van der Waals surface area contributed by atoms with E-state index in [2.05, 4.69) is 9.97 Å². The van der Waals surface area contributed by atoms with E-state index in [0.29, 0.717) is 11.2 Å². The Kier molecular flexibility index (Phi) is 4.40. The van der Waals surface area contributed by atoms with E-state index in [1.54, 1.807) is 12.1 Å². The third kappa shape index (κ3) is 3.87. The van der Waals surface area contributed by atoms with E-state index in [1.807, 2.05) is 0 Å². The van der Waals surface area contributed by atoms with Gasteiger partial charge in [-0.1, -0.05) is 11.8 Å². The highest BCUT2D eigenvalue weighted by atomic mass is 32.2. The highest BCUT2D eigenvalue weighted by Crippen LogP contribution is 2.33. The second kappa shape index (κ2) is 5.92. The number of carboxylic acid groups (broad SMARTS) is 1. The molecular weight excluding hydrogens is 307 g/mol. The van der Waals surface area contributed by atoms with Crippen molar-refractivity contribution in [3.8, 4) is 0 Å². The number of imidazole rings is 1. The summed E-state index contributed by atoms with van der Waals surface area (Å²) in [7, 11) is 0. The molecule has 0 radical (unpaired) electrons. The van der Waals surface area contributed by atoms with Crippen molar-refractivity contribution in [2.45, 2.75) is 30.7 Å². The largest absolute Gasteiger partial charge is 0.481 e. The van der Waals surface area contributed by atoms with E-state index in [4.69, 9.17) is 5.11 Å². The van der Waals surface area contributed by atoms with Crippen molar-refractivity contribution in [2.24, 2.45) is 0 Å². The van der Waals surface area contributed by atoms with Crippen molar-refractivity contribution in [1.29, 1.82) is 0 Å². The molecule has 21 heavy (non-hydrogen) atoms. The lowest BCUT2D eigenvalue weighted by molar-refractivity contribution is -0.142. The predicted octanol–water partition coefficient (Wildman–Crippen LogP) is 3.12. The molecule has 0 bridgehead atoms. The normalized spacial score (nSPS) is 13.5. The fraction of sp³-hybridized carbons (Fsp3) is 0.417. The van der Waals surface area contributed by atoms with Crippen molar-refractivity contribution in [2.75, 3.05) is 5.75 Å². The molecule has 0 aromatic carbocycles. The first-order valence-corrected chi connectivity index (χ1v) is 7.01. The van der Waals surface area contributed by atoms with Crippen LogP contribution in [0.4, 0.5) is 13.2 Å². The molecule has 0 spiro atoms. The zero-order valence-electron chi connectivity index (χ0n) is 11.0. The number of alkyl halides is 3. The minimum Gasteiger partial charge on any atom is -0.481 e. The summed E-state index contributed by atoms with van der Waals surface area (Å²) < 4.78 is 39.1. The van der Waals surface area contributed by atoms with Crippen LogP contribution in [0, 0.1) is 0 Å². The molecule has 0 saturated heterocycles. The molecule has 9 heteroatoms. The summed E-state index contributed by atoms with van der Waals surface area (Å²) in [5.41, 5.74) is 0.765. The van der Waals surface area contributed by atoms with Gasteiger partial charge in [-0.2, -0.15) is 13.2 Å². The van der Waals surface area contributed by atoms with Crippen molar-refractivity contribution in [3.05, 3.63) is 18.3 Å². The summed E-state index contributed by atoms with van der Waals surface area (Å²) in [6, 6.07) is 2.34.